The average Bonchev–Trinajstić information content (AvgIpc) is 2.66. The van der Waals surface area contributed by atoms with Gasteiger partial charge in [-0.1, -0.05) is 49.4 Å². The molecule has 0 bridgehead atoms. The van der Waals surface area contributed by atoms with Crippen LogP contribution in [0.1, 0.15) is 23.3 Å². The lowest BCUT2D eigenvalue weighted by molar-refractivity contribution is -0.139. The summed E-state index contributed by atoms with van der Waals surface area (Å²) in [5.41, 5.74) is 0.395. The molecule has 2 atom stereocenters. The van der Waals surface area contributed by atoms with Crippen LogP contribution in [0.15, 0.2) is 59.5 Å². The molecule has 1 fully saturated rings. The van der Waals surface area contributed by atoms with Crippen LogP contribution in [-0.4, -0.2) is 37.2 Å². The summed E-state index contributed by atoms with van der Waals surface area (Å²) in [5.74, 6) is 0. The maximum absolute atomic E-state index is 13.4. The van der Waals surface area contributed by atoms with Crippen LogP contribution < -0.4 is 0 Å². The van der Waals surface area contributed by atoms with Crippen molar-refractivity contribution in [3.05, 3.63) is 65.7 Å². The van der Waals surface area contributed by atoms with E-state index in [0.29, 0.717) is 6.61 Å². The normalized spacial score (nSPS) is 20.1. The summed E-state index contributed by atoms with van der Waals surface area (Å²) in [4.78, 5) is 2.52. The summed E-state index contributed by atoms with van der Waals surface area (Å²) in [6.45, 7) is 5.18. The molecule has 3 rings (SSSR count). The minimum atomic E-state index is -4.37. The first kappa shape index (κ1) is 19.3. The molecule has 140 valence electrons. The predicted octanol–water partition coefficient (Wildman–Crippen LogP) is 5.26. The van der Waals surface area contributed by atoms with Crippen LogP contribution in [0.2, 0.25) is 0 Å². The van der Waals surface area contributed by atoms with E-state index in [1.807, 2.05) is 30.3 Å². The molecule has 2 aromatic rings. The Bertz CT molecular complexity index is 708. The molecule has 1 saturated heterocycles. The van der Waals surface area contributed by atoms with Crippen molar-refractivity contribution in [1.82, 2.24) is 4.90 Å². The third-order valence-corrected chi connectivity index (χ3v) is 5.98. The zero-order valence-electron chi connectivity index (χ0n) is 14.6. The van der Waals surface area contributed by atoms with Crippen LogP contribution in [0.4, 0.5) is 13.2 Å². The molecule has 6 heteroatoms. The largest absolute Gasteiger partial charge is 0.417 e. The zero-order valence-corrected chi connectivity index (χ0v) is 15.4. The number of ether oxygens (including phenoxy) is 1. The van der Waals surface area contributed by atoms with Crippen LogP contribution in [0.25, 0.3) is 0 Å². The van der Waals surface area contributed by atoms with Gasteiger partial charge < -0.3 is 4.74 Å². The van der Waals surface area contributed by atoms with Gasteiger partial charge in [0.2, 0.25) is 0 Å². The van der Waals surface area contributed by atoms with Crippen LogP contribution in [-0.2, 0) is 10.9 Å². The van der Waals surface area contributed by atoms with E-state index in [0.717, 1.165) is 31.3 Å². The summed E-state index contributed by atoms with van der Waals surface area (Å²) in [5, 5.41) is -0.200. The SMILES string of the molecule is CCN1CCO[C@@H]([C@H](Sc2ccccc2C(F)(F)F)c2ccccc2)C1. The Kier molecular flexibility index (Phi) is 6.27. The zero-order chi connectivity index (χ0) is 18.6. The second-order valence-corrected chi connectivity index (χ2v) is 7.43. The first-order valence-electron chi connectivity index (χ1n) is 8.71. The first-order chi connectivity index (χ1) is 12.5. The summed E-state index contributed by atoms with van der Waals surface area (Å²) in [6, 6.07) is 15.4. The van der Waals surface area contributed by atoms with Crippen molar-refractivity contribution in [1.29, 1.82) is 0 Å². The van der Waals surface area contributed by atoms with Crippen molar-refractivity contribution in [3.8, 4) is 0 Å². The van der Waals surface area contributed by atoms with Gasteiger partial charge in [-0.25, -0.2) is 0 Å². The number of halogens is 3. The van der Waals surface area contributed by atoms with Crippen molar-refractivity contribution < 1.29 is 17.9 Å². The Hall–Kier alpha value is -1.50. The van der Waals surface area contributed by atoms with E-state index in [-0.39, 0.29) is 16.2 Å². The van der Waals surface area contributed by atoms with Crippen LogP contribution in [0.5, 0.6) is 0 Å². The molecule has 1 heterocycles. The van der Waals surface area contributed by atoms with E-state index < -0.39 is 11.7 Å². The standard InChI is InChI=1S/C20H22F3NOS/c1-2-24-12-13-25-17(14-24)19(15-8-4-3-5-9-15)26-18-11-7-6-10-16(18)20(21,22)23/h3-11,17,19H,2,12-14H2,1H3/t17-,19-/m1/s1. The van der Waals surface area contributed by atoms with Gasteiger partial charge in [0.05, 0.1) is 23.5 Å². The Balaban J connectivity index is 1.93. The molecule has 2 aromatic carbocycles. The summed E-state index contributed by atoms with van der Waals surface area (Å²) in [7, 11) is 0. The van der Waals surface area contributed by atoms with Gasteiger partial charge in [0.15, 0.2) is 0 Å². The van der Waals surface area contributed by atoms with Crippen LogP contribution in [0, 0.1) is 0 Å². The highest BCUT2D eigenvalue weighted by Gasteiger charge is 2.36. The molecular formula is C20H22F3NOS. The molecule has 0 spiro atoms. The lowest BCUT2D eigenvalue weighted by Gasteiger charge is -2.36. The van der Waals surface area contributed by atoms with Crippen molar-refractivity contribution >= 4 is 11.8 Å². The molecule has 0 aliphatic carbocycles. The third kappa shape index (κ3) is 4.61. The molecule has 0 aromatic heterocycles. The Morgan fingerprint density at radius 1 is 1.12 bits per heavy atom. The molecular weight excluding hydrogens is 359 g/mol. The van der Waals surface area contributed by atoms with Gasteiger partial charge in [-0.15, -0.1) is 11.8 Å². The number of nitrogens with zero attached hydrogens (tertiary/aromatic N) is 1. The van der Waals surface area contributed by atoms with E-state index in [1.54, 1.807) is 12.1 Å². The molecule has 2 nitrogen and oxygen atoms in total. The lowest BCUT2D eigenvalue weighted by atomic mass is 10.1. The monoisotopic (exact) mass is 381 g/mol. The van der Waals surface area contributed by atoms with E-state index in [4.69, 9.17) is 4.74 Å². The highest BCUT2D eigenvalue weighted by Crippen LogP contribution is 2.45. The molecule has 1 aliphatic rings. The second-order valence-electron chi connectivity index (χ2n) is 6.25. The van der Waals surface area contributed by atoms with Gasteiger partial charge in [0.25, 0.3) is 0 Å². The first-order valence-corrected chi connectivity index (χ1v) is 9.58. The van der Waals surface area contributed by atoms with Gasteiger partial charge in [-0.2, -0.15) is 13.2 Å². The van der Waals surface area contributed by atoms with E-state index in [1.165, 1.54) is 17.8 Å². The molecule has 0 radical (unpaired) electrons. The number of rotatable bonds is 5. The summed E-state index contributed by atoms with van der Waals surface area (Å²) in [6.07, 6.45) is -4.52. The highest BCUT2D eigenvalue weighted by atomic mass is 32.2. The lowest BCUT2D eigenvalue weighted by Crippen LogP contribution is -2.44. The molecule has 26 heavy (non-hydrogen) atoms. The van der Waals surface area contributed by atoms with Crippen molar-refractivity contribution in [3.63, 3.8) is 0 Å². The van der Waals surface area contributed by atoms with E-state index in [2.05, 4.69) is 11.8 Å². The molecule has 0 amide bonds. The highest BCUT2D eigenvalue weighted by molar-refractivity contribution is 7.99. The van der Waals surface area contributed by atoms with Gasteiger partial charge in [0, 0.05) is 18.0 Å². The van der Waals surface area contributed by atoms with E-state index >= 15 is 0 Å². The number of hydrogen-bond donors (Lipinski definition) is 0. The van der Waals surface area contributed by atoms with Crippen molar-refractivity contribution in [2.24, 2.45) is 0 Å². The number of thioether (sulfide) groups is 1. The van der Waals surface area contributed by atoms with Crippen LogP contribution >= 0.6 is 11.8 Å². The van der Waals surface area contributed by atoms with Gasteiger partial charge in [0.1, 0.15) is 0 Å². The van der Waals surface area contributed by atoms with Gasteiger partial charge >= 0.3 is 6.18 Å². The number of hydrogen-bond acceptors (Lipinski definition) is 3. The fourth-order valence-corrected chi connectivity index (χ4v) is 4.49. The summed E-state index contributed by atoms with van der Waals surface area (Å²) < 4.78 is 46.2. The Labute approximate surface area is 156 Å². The fourth-order valence-electron chi connectivity index (χ4n) is 3.14. The number of morpholine rings is 1. The Morgan fingerprint density at radius 3 is 2.50 bits per heavy atom. The maximum atomic E-state index is 13.4. The predicted molar refractivity (Wildman–Crippen MR) is 98.3 cm³/mol. The number of likely N-dealkylation sites (N-methyl/N-ethyl adjacent to an activating group) is 1. The fraction of sp³-hybridized carbons (Fsp3) is 0.400. The number of benzene rings is 2. The minimum Gasteiger partial charge on any atom is -0.374 e. The molecule has 0 saturated carbocycles. The van der Waals surface area contributed by atoms with Crippen molar-refractivity contribution in [2.75, 3.05) is 26.2 Å². The second kappa shape index (κ2) is 8.46. The quantitative estimate of drug-likeness (QED) is 0.656. The molecule has 1 aliphatic heterocycles. The molecule has 0 unspecified atom stereocenters. The number of alkyl halides is 3. The topological polar surface area (TPSA) is 12.5 Å². The smallest absolute Gasteiger partial charge is 0.374 e. The third-order valence-electron chi connectivity index (χ3n) is 4.54. The van der Waals surface area contributed by atoms with Gasteiger partial charge in [-0.05, 0) is 24.2 Å². The summed E-state index contributed by atoms with van der Waals surface area (Å²) >= 11 is 1.24. The molecule has 0 N–H and O–H groups in total. The van der Waals surface area contributed by atoms with E-state index in [9.17, 15) is 13.2 Å². The minimum absolute atomic E-state index is 0.155. The average molecular weight is 381 g/mol. The van der Waals surface area contributed by atoms with Crippen LogP contribution in [0.3, 0.4) is 0 Å². The van der Waals surface area contributed by atoms with Crippen molar-refractivity contribution in [2.45, 2.75) is 29.3 Å². The maximum Gasteiger partial charge on any atom is 0.417 e. The van der Waals surface area contributed by atoms with Gasteiger partial charge in [-0.3, -0.25) is 4.90 Å². The Morgan fingerprint density at radius 2 is 1.81 bits per heavy atom.